The second-order valence-electron chi connectivity index (χ2n) is 4.79. The number of nitrogens with one attached hydrogen (secondary N) is 1. The van der Waals surface area contributed by atoms with E-state index >= 15 is 0 Å². The van der Waals surface area contributed by atoms with Gasteiger partial charge in [0.25, 0.3) is 6.43 Å². The Morgan fingerprint density at radius 3 is 2.00 bits per heavy atom. The Balaban J connectivity index is 1.83. The maximum atomic E-state index is 12.7. The minimum absolute atomic E-state index is 0.356. The van der Waals surface area contributed by atoms with E-state index in [2.05, 4.69) is 5.32 Å². The molecular formula is C11H19F2N. The predicted octanol–water partition coefficient (Wildman–Crippen LogP) is 3.10. The normalized spacial score (nSPS) is 27.6. The Hall–Kier alpha value is -0.180. The van der Waals surface area contributed by atoms with Gasteiger partial charge in [0.1, 0.15) is 0 Å². The fourth-order valence-electron chi connectivity index (χ4n) is 2.39. The van der Waals surface area contributed by atoms with Gasteiger partial charge in [-0.2, -0.15) is 0 Å². The van der Waals surface area contributed by atoms with Crippen molar-refractivity contribution in [3.05, 3.63) is 0 Å². The van der Waals surface area contributed by atoms with Gasteiger partial charge in [0.15, 0.2) is 0 Å². The molecule has 1 N–H and O–H groups in total. The molecule has 0 aliphatic heterocycles. The van der Waals surface area contributed by atoms with Crippen LogP contribution in [0.15, 0.2) is 0 Å². The molecule has 2 saturated carbocycles. The monoisotopic (exact) mass is 203 g/mol. The number of hydrogen-bond donors (Lipinski definition) is 1. The molecule has 0 aromatic carbocycles. The topological polar surface area (TPSA) is 12.0 Å². The Bertz CT molecular complexity index is 182. The van der Waals surface area contributed by atoms with Gasteiger partial charge in [-0.25, -0.2) is 8.78 Å². The van der Waals surface area contributed by atoms with Crippen LogP contribution in [0.25, 0.3) is 0 Å². The molecule has 0 radical (unpaired) electrons. The molecule has 0 aromatic heterocycles. The molecule has 0 bridgehead atoms. The van der Waals surface area contributed by atoms with E-state index in [4.69, 9.17) is 0 Å². The maximum Gasteiger partial charge on any atom is 0.256 e. The van der Waals surface area contributed by atoms with Crippen LogP contribution >= 0.6 is 0 Å². The fourth-order valence-corrected chi connectivity index (χ4v) is 2.39. The number of alkyl halides is 2. The van der Waals surface area contributed by atoms with E-state index in [1.54, 1.807) is 0 Å². The van der Waals surface area contributed by atoms with Gasteiger partial charge >= 0.3 is 0 Å². The van der Waals surface area contributed by atoms with Crippen molar-refractivity contribution >= 4 is 0 Å². The largest absolute Gasteiger partial charge is 0.304 e. The molecule has 14 heavy (non-hydrogen) atoms. The van der Waals surface area contributed by atoms with Gasteiger partial charge in [-0.1, -0.05) is 25.7 Å². The average Bonchev–Trinajstić information content (AvgIpc) is 2.91. The Morgan fingerprint density at radius 1 is 1.00 bits per heavy atom. The second kappa shape index (κ2) is 4.13. The molecule has 0 heterocycles. The molecule has 0 atom stereocenters. The van der Waals surface area contributed by atoms with Gasteiger partial charge < -0.3 is 5.32 Å². The van der Waals surface area contributed by atoms with Crippen molar-refractivity contribution in [2.24, 2.45) is 0 Å². The summed E-state index contributed by atoms with van der Waals surface area (Å²) >= 11 is 0. The van der Waals surface area contributed by atoms with E-state index in [0.29, 0.717) is 18.9 Å². The molecule has 1 nitrogen and oxygen atoms in total. The molecule has 3 heteroatoms. The van der Waals surface area contributed by atoms with Crippen molar-refractivity contribution in [1.82, 2.24) is 5.32 Å². The second-order valence-corrected chi connectivity index (χ2v) is 4.79. The third-order valence-electron chi connectivity index (χ3n) is 3.55. The molecule has 2 rings (SSSR count). The van der Waals surface area contributed by atoms with Crippen LogP contribution in [0.4, 0.5) is 8.78 Å². The average molecular weight is 203 g/mol. The molecule has 0 spiro atoms. The summed E-state index contributed by atoms with van der Waals surface area (Å²) in [5.41, 5.74) is -0.783. The van der Waals surface area contributed by atoms with Crippen LogP contribution in [0.3, 0.4) is 0 Å². The van der Waals surface area contributed by atoms with Crippen molar-refractivity contribution in [3.63, 3.8) is 0 Å². The van der Waals surface area contributed by atoms with Crippen molar-refractivity contribution in [2.75, 3.05) is 0 Å². The number of hydrogen-bond acceptors (Lipinski definition) is 1. The summed E-state index contributed by atoms with van der Waals surface area (Å²) in [5, 5.41) is 3.20. The highest BCUT2D eigenvalue weighted by atomic mass is 19.3. The predicted molar refractivity (Wildman–Crippen MR) is 52.6 cm³/mol. The SMILES string of the molecule is FC(F)C1(NC2CCCCCC2)CC1. The first-order chi connectivity index (χ1) is 6.73. The van der Waals surface area contributed by atoms with Gasteiger partial charge in [-0.15, -0.1) is 0 Å². The molecule has 82 valence electrons. The van der Waals surface area contributed by atoms with Crippen LogP contribution in [0.2, 0.25) is 0 Å². The van der Waals surface area contributed by atoms with Gasteiger partial charge in [0.2, 0.25) is 0 Å². The zero-order chi connectivity index (χ0) is 10.0. The van der Waals surface area contributed by atoms with Crippen LogP contribution in [-0.4, -0.2) is 18.0 Å². The molecule has 0 aromatic rings. The summed E-state index contributed by atoms with van der Waals surface area (Å²) in [6, 6.07) is 0.356. The summed E-state index contributed by atoms with van der Waals surface area (Å²) in [6.07, 6.45) is 6.31. The fraction of sp³-hybridized carbons (Fsp3) is 1.00. The summed E-state index contributed by atoms with van der Waals surface area (Å²) in [5.74, 6) is 0. The molecule has 2 fully saturated rings. The molecule has 0 unspecified atom stereocenters. The van der Waals surface area contributed by atoms with Crippen LogP contribution < -0.4 is 5.32 Å². The van der Waals surface area contributed by atoms with Crippen molar-refractivity contribution in [3.8, 4) is 0 Å². The van der Waals surface area contributed by atoms with Crippen LogP contribution in [0, 0.1) is 0 Å². The van der Waals surface area contributed by atoms with E-state index in [1.807, 2.05) is 0 Å². The lowest BCUT2D eigenvalue weighted by Crippen LogP contribution is -2.44. The lowest BCUT2D eigenvalue weighted by Gasteiger charge is -2.23. The van der Waals surface area contributed by atoms with Crippen molar-refractivity contribution in [1.29, 1.82) is 0 Å². The third-order valence-corrected chi connectivity index (χ3v) is 3.55. The van der Waals surface area contributed by atoms with Crippen LogP contribution in [0.5, 0.6) is 0 Å². The summed E-state index contributed by atoms with van der Waals surface area (Å²) in [7, 11) is 0. The van der Waals surface area contributed by atoms with E-state index in [-0.39, 0.29) is 0 Å². The minimum atomic E-state index is -2.18. The highest BCUT2D eigenvalue weighted by molar-refractivity contribution is 5.05. The lowest BCUT2D eigenvalue weighted by molar-refractivity contribution is 0.0774. The zero-order valence-electron chi connectivity index (χ0n) is 8.57. The Morgan fingerprint density at radius 2 is 1.57 bits per heavy atom. The van der Waals surface area contributed by atoms with Gasteiger partial charge in [0, 0.05) is 6.04 Å². The van der Waals surface area contributed by atoms with Crippen LogP contribution in [-0.2, 0) is 0 Å². The zero-order valence-corrected chi connectivity index (χ0v) is 8.57. The Labute approximate surface area is 84.3 Å². The van der Waals surface area contributed by atoms with Crippen LogP contribution in [0.1, 0.15) is 51.4 Å². The summed E-state index contributed by atoms with van der Waals surface area (Å²) < 4.78 is 25.3. The van der Waals surface area contributed by atoms with E-state index in [0.717, 1.165) is 12.8 Å². The van der Waals surface area contributed by atoms with Gasteiger partial charge in [-0.3, -0.25) is 0 Å². The first-order valence-corrected chi connectivity index (χ1v) is 5.79. The minimum Gasteiger partial charge on any atom is -0.304 e. The third kappa shape index (κ3) is 2.25. The van der Waals surface area contributed by atoms with Gasteiger partial charge in [-0.05, 0) is 25.7 Å². The van der Waals surface area contributed by atoms with Gasteiger partial charge in [0.05, 0.1) is 5.54 Å². The molecule has 0 saturated heterocycles. The number of rotatable bonds is 3. The Kier molecular flexibility index (Phi) is 3.05. The van der Waals surface area contributed by atoms with E-state index in [9.17, 15) is 8.78 Å². The number of halogens is 2. The molecule has 2 aliphatic rings. The molecule has 0 amide bonds. The molecular weight excluding hydrogens is 184 g/mol. The summed E-state index contributed by atoms with van der Waals surface area (Å²) in [4.78, 5) is 0. The molecule has 2 aliphatic carbocycles. The maximum absolute atomic E-state index is 12.7. The highest BCUT2D eigenvalue weighted by Crippen LogP contribution is 2.42. The quantitative estimate of drug-likeness (QED) is 0.695. The first-order valence-electron chi connectivity index (χ1n) is 5.79. The summed E-state index contributed by atoms with van der Waals surface area (Å²) in [6.45, 7) is 0. The first kappa shape index (κ1) is 10.3. The van der Waals surface area contributed by atoms with Crippen molar-refractivity contribution in [2.45, 2.75) is 69.4 Å². The standard InChI is InChI=1S/C11H19F2N/c12-10(13)11(7-8-11)14-9-5-3-1-2-4-6-9/h9-10,14H,1-8H2. The van der Waals surface area contributed by atoms with Crippen molar-refractivity contribution < 1.29 is 8.78 Å². The van der Waals surface area contributed by atoms with E-state index < -0.39 is 12.0 Å². The van der Waals surface area contributed by atoms with E-state index in [1.165, 1.54) is 25.7 Å². The lowest BCUT2D eigenvalue weighted by atomic mass is 10.1. The highest BCUT2D eigenvalue weighted by Gasteiger charge is 2.51. The smallest absolute Gasteiger partial charge is 0.256 e.